The van der Waals surface area contributed by atoms with Crippen LogP contribution in [0.4, 0.5) is 8.78 Å². The first-order valence-corrected chi connectivity index (χ1v) is 10.3. The Hall–Kier alpha value is -0.803. The van der Waals surface area contributed by atoms with Crippen molar-refractivity contribution in [3.63, 3.8) is 0 Å². The molecule has 9 heteroatoms. The zero-order chi connectivity index (χ0) is 15.1. The van der Waals surface area contributed by atoms with Gasteiger partial charge >= 0.3 is 6.55 Å². The van der Waals surface area contributed by atoms with Crippen LogP contribution in [0.25, 0.3) is 0 Å². The molecule has 0 amide bonds. The Balaban J connectivity index is 3.27. The number of hydrogen-bond donors (Lipinski definition) is 1. The van der Waals surface area contributed by atoms with Gasteiger partial charge in [0.25, 0.3) is 0 Å². The lowest BCUT2D eigenvalue weighted by Gasteiger charge is -2.32. The highest BCUT2D eigenvalue weighted by atomic mass is 32.2. The number of hydrogen-bond acceptors (Lipinski definition) is 3. The first kappa shape index (κ1) is 16.3. The van der Waals surface area contributed by atoms with E-state index >= 15 is 0 Å². The van der Waals surface area contributed by atoms with Gasteiger partial charge in [0.05, 0.1) is 11.1 Å². The Kier molecular flexibility index (Phi) is 4.23. The highest BCUT2D eigenvalue weighted by Gasteiger charge is 2.37. The zero-order valence-corrected chi connectivity index (χ0v) is 13.5. The number of alkyl halides is 2. The third kappa shape index (κ3) is 3.60. The minimum absolute atomic E-state index is 0.0395. The maximum absolute atomic E-state index is 12.4. The minimum Gasteiger partial charge on any atom is -0.261 e. The molecule has 0 aliphatic carbocycles. The second-order valence-corrected chi connectivity index (χ2v) is 12.9. The first-order chi connectivity index (χ1) is 8.37. The standard InChI is InChI=1S/C10H20F2N4OSSi/c1-10(2,3)19(4,5)15-18(13,17)8-6-14-16(7-8)9(11)12/h6-7,9H,1-5H3,(H2,13,15,17). The molecule has 1 aromatic heterocycles. The summed E-state index contributed by atoms with van der Waals surface area (Å²) in [7, 11) is -5.43. The minimum atomic E-state index is -3.19. The fourth-order valence-corrected chi connectivity index (χ4v) is 5.79. The average Bonchev–Trinajstić information content (AvgIpc) is 2.62. The van der Waals surface area contributed by atoms with Gasteiger partial charge in [0, 0.05) is 6.20 Å². The Morgan fingerprint density at radius 3 is 2.37 bits per heavy atom. The van der Waals surface area contributed by atoms with Gasteiger partial charge in [-0.1, -0.05) is 20.8 Å². The van der Waals surface area contributed by atoms with E-state index in [-0.39, 0.29) is 9.93 Å². The number of halogens is 2. The van der Waals surface area contributed by atoms with Gasteiger partial charge in [0.1, 0.15) is 9.92 Å². The molecule has 19 heavy (non-hydrogen) atoms. The molecule has 0 aliphatic rings. The summed E-state index contributed by atoms with van der Waals surface area (Å²) in [5.41, 5.74) is 0. The molecule has 0 radical (unpaired) electrons. The Morgan fingerprint density at radius 1 is 1.47 bits per heavy atom. The van der Waals surface area contributed by atoms with Gasteiger partial charge in [-0.25, -0.2) is 14.0 Å². The molecule has 110 valence electrons. The molecule has 1 unspecified atom stereocenters. The van der Waals surface area contributed by atoms with Crippen LogP contribution >= 0.6 is 0 Å². The molecule has 0 bridgehead atoms. The number of rotatable bonds is 3. The van der Waals surface area contributed by atoms with E-state index in [0.717, 1.165) is 12.4 Å². The van der Waals surface area contributed by atoms with Crippen LogP contribution in [0.1, 0.15) is 27.3 Å². The van der Waals surface area contributed by atoms with E-state index in [9.17, 15) is 13.0 Å². The highest BCUT2D eigenvalue weighted by molar-refractivity contribution is 7.92. The Morgan fingerprint density at radius 2 is 2.00 bits per heavy atom. The smallest absolute Gasteiger partial charge is 0.261 e. The van der Waals surface area contributed by atoms with E-state index in [1.54, 1.807) is 0 Å². The van der Waals surface area contributed by atoms with Crippen LogP contribution in [0.5, 0.6) is 0 Å². The molecule has 2 N–H and O–H groups in total. The third-order valence-corrected chi connectivity index (χ3v) is 10.8. The lowest BCUT2D eigenvalue weighted by atomic mass is 10.2. The van der Waals surface area contributed by atoms with E-state index in [2.05, 4.69) is 9.13 Å². The van der Waals surface area contributed by atoms with Crippen LogP contribution in [0.2, 0.25) is 18.1 Å². The van der Waals surface area contributed by atoms with Crippen LogP contribution in [0.15, 0.2) is 21.3 Å². The summed E-state index contributed by atoms with van der Waals surface area (Å²) in [6.07, 6.45) is 2.08. The SMILES string of the molecule is CC(C)(C)[Si](C)(C)N=S(N)(=O)c1cnn(C(F)F)c1. The van der Waals surface area contributed by atoms with E-state index in [4.69, 9.17) is 5.14 Å². The monoisotopic (exact) mass is 310 g/mol. The van der Waals surface area contributed by atoms with Gasteiger partial charge in [-0.05, 0) is 18.1 Å². The lowest BCUT2D eigenvalue weighted by molar-refractivity contribution is 0.0564. The van der Waals surface area contributed by atoms with Crippen molar-refractivity contribution in [2.75, 3.05) is 0 Å². The maximum Gasteiger partial charge on any atom is 0.333 e. The maximum atomic E-state index is 12.4. The Bertz CT molecular complexity index is 570. The summed E-state index contributed by atoms with van der Waals surface area (Å²) in [5, 5.41) is 9.04. The quantitative estimate of drug-likeness (QED) is 0.872. The van der Waals surface area contributed by atoms with E-state index < -0.39 is 24.7 Å². The van der Waals surface area contributed by atoms with Gasteiger partial charge in [-0.3, -0.25) is 4.03 Å². The van der Waals surface area contributed by atoms with Gasteiger partial charge in [-0.15, -0.1) is 0 Å². The molecule has 1 atom stereocenters. The van der Waals surface area contributed by atoms with Crippen molar-refractivity contribution in [3.05, 3.63) is 12.4 Å². The van der Waals surface area contributed by atoms with Gasteiger partial charge in [-0.2, -0.15) is 13.9 Å². The largest absolute Gasteiger partial charge is 0.333 e. The average molecular weight is 310 g/mol. The van der Waals surface area contributed by atoms with Crippen molar-refractivity contribution in [1.82, 2.24) is 9.78 Å². The summed E-state index contributed by atoms with van der Waals surface area (Å²) < 4.78 is 42.0. The predicted molar refractivity (Wildman–Crippen MR) is 73.7 cm³/mol. The van der Waals surface area contributed by atoms with Crippen molar-refractivity contribution in [2.45, 2.75) is 50.3 Å². The number of nitrogens with two attached hydrogens (primary N) is 1. The molecule has 0 aliphatic heterocycles. The van der Waals surface area contributed by atoms with Crippen molar-refractivity contribution in [1.29, 1.82) is 0 Å². The fourth-order valence-electron chi connectivity index (χ4n) is 1.11. The molecule has 1 aromatic rings. The molecule has 0 saturated carbocycles. The zero-order valence-electron chi connectivity index (χ0n) is 11.7. The van der Waals surface area contributed by atoms with Crippen molar-refractivity contribution >= 4 is 18.2 Å². The highest BCUT2D eigenvalue weighted by Crippen LogP contribution is 2.37. The van der Waals surface area contributed by atoms with Gasteiger partial charge in [0.2, 0.25) is 0 Å². The van der Waals surface area contributed by atoms with Crippen LogP contribution in [0.3, 0.4) is 0 Å². The summed E-state index contributed by atoms with van der Waals surface area (Å²) in [6.45, 7) is 7.10. The second kappa shape index (κ2) is 4.95. The summed E-state index contributed by atoms with van der Waals surface area (Å²) >= 11 is 0. The molecule has 1 rings (SSSR count). The molecule has 0 aromatic carbocycles. The summed E-state index contributed by atoms with van der Waals surface area (Å²) in [4.78, 5) is 0.0395. The topological polar surface area (TPSA) is 73.3 Å². The third-order valence-electron chi connectivity index (χ3n) is 3.31. The normalized spacial score (nSPS) is 16.5. The van der Waals surface area contributed by atoms with Crippen molar-refractivity contribution < 1.29 is 13.0 Å². The number of nitrogens with zero attached hydrogens (tertiary/aromatic N) is 3. The van der Waals surface area contributed by atoms with Crippen LogP contribution in [-0.2, 0) is 9.92 Å². The molecule has 0 spiro atoms. The Labute approximate surface area is 113 Å². The molecule has 0 fully saturated rings. The van der Waals surface area contributed by atoms with Crippen molar-refractivity contribution in [3.8, 4) is 0 Å². The molecule has 0 saturated heterocycles. The lowest BCUT2D eigenvalue weighted by Crippen LogP contribution is -2.37. The molecule has 1 heterocycles. The van der Waals surface area contributed by atoms with Crippen LogP contribution in [0, 0.1) is 0 Å². The molecular formula is C10H20F2N4OSSi. The number of aromatic nitrogens is 2. The van der Waals surface area contributed by atoms with Crippen LogP contribution < -0.4 is 5.14 Å². The van der Waals surface area contributed by atoms with E-state index in [1.165, 1.54) is 0 Å². The molecule has 5 nitrogen and oxygen atoms in total. The second-order valence-electron chi connectivity index (χ2n) is 5.90. The van der Waals surface area contributed by atoms with Crippen LogP contribution in [-0.4, -0.2) is 22.2 Å². The van der Waals surface area contributed by atoms with E-state index in [0.29, 0.717) is 4.68 Å². The van der Waals surface area contributed by atoms with Gasteiger partial charge < -0.3 is 0 Å². The van der Waals surface area contributed by atoms with E-state index in [1.807, 2.05) is 33.9 Å². The summed E-state index contributed by atoms with van der Waals surface area (Å²) in [5.74, 6) is 0. The van der Waals surface area contributed by atoms with Crippen molar-refractivity contribution in [2.24, 2.45) is 9.17 Å². The molecular weight excluding hydrogens is 290 g/mol. The van der Waals surface area contributed by atoms with Gasteiger partial charge in [0.15, 0.2) is 8.24 Å². The first-order valence-electron chi connectivity index (χ1n) is 5.75. The summed E-state index contributed by atoms with van der Waals surface area (Å²) in [6, 6.07) is 0. The fraction of sp³-hybridized carbons (Fsp3) is 0.700. The predicted octanol–water partition coefficient (Wildman–Crippen LogP) is 2.98.